The molecule has 0 spiro atoms. The summed E-state index contributed by atoms with van der Waals surface area (Å²) in [7, 11) is 4.20. The van der Waals surface area contributed by atoms with E-state index < -0.39 is 0 Å². The lowest BCUT2D eigenvalue weighted by Gasteiger charge is -2.35. The second kappa shape index (κ2) is 7.84. The van der Waals surface area contributed by atoms with Crippen LogP contribution in [0.2, 0.25) is 0 Å². The standard InChI is InChI=1S/C15H31N3O2/c1-5-15(2,9-10-19)17-14(20)16-12-7-6-8-13(11-12)18(3)4/h12-13,19H,5-11H2,1-4H3,(H2,16,17,20). The van der Waals surface area contributed by atoms with Crippen LogP contribution >= 0.6 is 0 Å². The minimum absolute atomic E-state index is 0.0940. The molecule has 118 valence electrons. The lowest BCUT2D eigenvalue weighted by molar-refractivity contribution is 0.181. The first kappa shape index (κ1) is 17.2. The summed E-state index contributed by atoms with van der Waals surface area (Å²) < 4.78 is 0. The maximum Gasteiger partial charge on any atom is 0.315 e. The first-order chi connectivity index (χ1) is 9.40. The Morgan fingerprint density at radius 1 is 1.40 bits per heavy atom. The molecule has 0 aromatic heterocycles. The van der Waals surface area contributed by atoms with Crippen LogP contribution in [0.3, 0.4) is 0 Å². The smallest absolute Gasteiger partial charge is 0.315 e. The highest BCUT2D eigenvalue weighted by atomic mass is 16.3. The van der Waals surface area contributed by atoms with Crippen molar-refractivity contribution in [2.75, 3.05) is 20.7 Å². The molecule has 0 bridgehead atoms. The molecule has 1 saturated carbocycles. The van der Waals surface area contributed by atoms with Gasteiger partial charge in [-0.2, -0.15) is 0 Å². The fraction of sp³-hybridized carbons (Fsp3) is 0.933. The van der Waals surface area contributed by atoms with Crippen molar-refractivity contribution in [1.29, 1.82) is 0 Å². The van der Waals surface area contributed by atoms with Crippen LogP contribution in [-0.4, -0.2) is 54.4 Å². The summed E-state index contributed by atoms with van der Waals surface area (Å²) in [6.07, 6.45) is 5.84. The predicted octanol–water partition coefficient (Wildman–Crippen LogP) is 1.71. The molecule has 0 aliphatic heterocycles. The number of nitrogens with one attached hydrogen (secondary N) is 2. The number of carbonyl (C=O) groups excluding carboxylic acids is 1. The summed E-state index contributed by atoms with van der Waals surface area (Å²) >= 11 is 0. The molecule has 0 aromatic rings. The topological polar surface area (TPSA) is 64.6 Å². The Morgan fingerprint density at radius 3 is 2.65 bits per heavy atom. The Morgan fingerprint density at radius 2 is 2.10 bits per heavy atom. The van der Waals surface area contributed by atoms with Crippen LogP contribution in [-0.2, 0) is 0 Å². The van der Waals surface area contributed by atoms with E-state index in [0.717, 1.165) is 25.7 Å². The van der Waals surface area contributed by atoms with Gasteiger partial charge in [-0.15, -0.1) is 0 Å². The van der Waals surface area contributed by atoms with Gasteiger partial charge in [0.05, 0.1) is 0 Å². The van der Waals surface area contributed by atoms with Crippen molar-refractivity contribution >= 4 is 6.03 Å². The van der Waals surface area contributed by atoms with Gasteiger partial charge in [0.15, 0.2) is 0 Å². The average Bonchev–Trinajstić information content (AvgIpc) is 2.39. The number of urea groups is 1. The molecule has 5 heteroatoms. The highest BCUT2D eigenvalue weighted by Gasteiger charge is 2.27. The number of carbonyl (C=O) groups is 1. The Balaban J connectivity index is 2.45. The Labute approximate surface area is 123 Å². The van der Waals surface area contributed by atoms with Crippen LogP contribution in [0.1, 0.15) is 52.4 Å². The van der Waals surface area contributed by atoms with Crippen molar-refractivity contribution in [3.63, 3.8) is 0 Å². The van der Waals surface area contributed by atoms with E-state index in [1.54, 1.807) is 0 Å². The van der Waals surface area contributed by atoms with E-state index in [9.17, 15) is 4.79 Å². The molecule has 5 nitrogen and oxygen atoms in total. The van der Waals surface area contributed by atoms with Gasteiger partial charge in [0.2, 0.25) is 0 Å². The van der Waals surface area contributed by atoms with Gasteiger partial charge in [0.25, 0.3) is 0 Å². The van der Waals surface area contributed by atoms with E-state index in [2.05, 4.69) is 29.6 Å². The van der Waals surface area contributed by atoms with Crippen LogP contribution in [0.4, 0.5) is 4.79 Å². The molecule has 1 rings (SSSR count). The SMILES string of the molecule is CCC(C)(CCO)NC(=O)NC1CCCC(N(C)C)C1. The molecule has 20 heavy (non-hydrogen) atoms. The first-order valence-corrected chi connectivity index (χ1v) is 7.76. The zero-order valence-corrected chi connectivity index (χ0v) is 13.4. The minimum Gasteiger partial charge on any atom is -0.396 e. The fourth-order valence-electron chi connectivity index (χ4n) is 2.83. The van der Waals surface area contributed by atoms with Crippen LogP contribution in [0.5, 0.6) is 0 Å². The molecule has 1 aliphatic rings. The number of aliphatic hydroxyl groups excluding tert-OH is 1. The van der Waals surface area contributed by atoms with E-state index in [1.807, 2.05) is 13.8 Å². The molecule has 0 heterocycles. The maximum atomic E-state index is 12.1. The van der Waals surface area contributed by atoms with Crippen molar-refractivity contribution in [2.45, 2.75) is 70.0 Å². The van der Waals surface area contributed by atoms with Crippen molar-refractivity contribution in [3.05, 3.63) is 0 Å². The zero-order valence-electron chi connectivity index (χ0n) is 13.4. The number of hydrogen-bond donors (Lipinski definition) is 3. The summed E-state index contributed by atoms with van der Waals surface area (Å²) in [5.41, 5.74) is -0.325. The highest BCUT2D eigenvalue weighted by Crippen LogP contribution is 2.21. The minimum atomic E-state index is -0.325. The molecular formula is C15H31N3O2. The van der Waals surface area contributed by atoms with Gasteiger partial charge in [-0.05, 0) is 59.5 Å². The summed E-state index contributed by atoms with van der Waals surface area (Å²) in [4.78, 5) is 14.4. The molecule has 1 fully saturated rings. The van der Waals surface area contributed by atoms with Crippen LogP contribution in [0.25, 0.3) is 0 Å². The fourth-order valence-corrected chi connectivity index (χ4v) is 2.83. The summed E-state index contributed by atoms with van der Waals surface area (Å²) in [6.45, 7) is 4.10. The molecule has 1 aliphatic carbocycles. The molecule has 3 unspecified atom stereocenters. The maximum absolute atomic E-state index is 12.1. The summed E-state index contributed by atoms with van der Waals surface area (Å²) in [6, 6.07) is 0.711. The molecule has 0 radical (unpaired) electrons. The molecular weight excluding hydrogens is 254 g/mol. The lowest BCUT2D eigenvalue weighted by Crippen LogP contribution is -2.54. The Bertz CT molecular complexity index is 309. The molecule has 3 atom stereocenters. The van der Waals surface area contributed by atoms with Crippen LogP contribution in [0.15, 0.2) is 0 Å². The van der Waals surface area contributed by atoms with Gasteiger partial charge in [-0.1, -0.05) is 6.92 Å². The number of rotatable bonds is 6. The molecule has 2 amide bonds. The van der Waals surface area contributed by atoms with Crippen molar-refractivity contribution in [3.8, 4) is 0 Å². The van der Waals surface area contributed by atoms with Crippen molar-refractivity contribution < 1.29 is 9.90 Å². The molecule has 3 N–H and O–H groups in total. The van der Waals surface area contributed by atoms with Crippen LogP contribution < -0.4 is 10.6 Å². The highest BCUT2D eigenvalue weighted by molar-refractivity contribution is 5.75. The van der Waals surface area contributed by atoms with Gasteiger partial charge >= 0.3 is 6.03 Å². The summed E-state index contributed by atoms with van der Waals surface area (Å²) in [5.74, 6) is 0. The zero-order chi connectivity index (χ0) is 15.2. The lowest BCUT2D eigenvalue weighted by atomic mass is 9.90. The third kappa shape index (κ3) is 5.29. The van der Waals surface area contributed by atoms with Gasteiger partial charge < -0.3 is 20.6 Å². The third-order valence-electron chi connectivity index (χ3n) is 4.57. The average molecular weight is 285 g/mol. The quantitative estimate of drug-likeness (QED) is 0.696. The Hall–Kier alpha value is -0.810. The number of nitrogens with zero attached hydrogens (tertiary/aromatic N) is 1. The van der Waals surface area contributed by atoms with E-state index in [-0.39, 0.29) is 24.2 Å². The molecule has 0 saturated heterocycles. The first-order valence-electron chi connectivity index (χ1n) is 7.76. The number of hydrogen-bond acceptors (Lipinski definition) is 3. The second-order valence-electron chi connectivity index (χ2n) is 6.47. The van der Waals surface area contributed by atoms with E-state index >= 15 is 0 Å². The van der Waals surface area contributed by atoms with E-state index in [1.165, 1.54) is 6.42 Å². The normalized spacial score (nSPS) is 26.1. The van der Waals surface area contributed by atoms with Crippen LogP contribution in [0, 0.1) is 0 Å². The van der Waals surface area contributed by atoms with Gasteiger partial charge in [-0.3, -0.25) is 0 Å². The molecule has 0 aromatic carbocycles. The van der Waals surface area contributed by atoms with E-state index in [4.69, 9.17) is 5.11 Å². The van der Waals surface area contributed by atoms with Crippen molar-refractivity contribution in [2.24, 2.45) is 0 Å². The predicted molar refractivity (Wildman–Crippen MR) is 81.8 cm³/mol. The van der Waals surface area contributed by atoms with Gasteiger partial charge in [0, 0.05) is 24.2 Å². The summed E-state index contributed by atoms with van der Waals surface area (Å²) in [5, 5.41) is 15.2. The van der Waals surface area contributed by atoms with E-state index in [0.29, 0.717) is 12.5 Å². The third-order valence-corrected chi connectivity index (χ3v) is 4.57. The number of aliphatic hydroxyl groups is 1. The largest absolute Gasteiger partial charge is 0.396 e. The second-order valence-corrected chi connectivity index (χ2v) is 6.47. The van der Waals surface area contributed by atoms with Crippen molar-refractivity contribution in [1.82, 2.24) is 15.5 Å². The number of amides is 2. The Kier molecular flexibility index (Phi) is 6.76. The van der Waals surface area contributed by atoms with Gasteiger partial charge in [-0.25, -0.2) is 4.79 Å². The monoisotopic (exact) mass is 285 g/mol. The van der Waals surface area contributed by atoms with Gasteiger partial charge in [0.1, 0.15) is 0 Å².